The molecule has 1 aliphatic carbocycles. The van der Waals surface area contributed by atoms with E-state index < -0.39 is 11.5 Å². The number of carbonyl (C=O) groups excluding carboxylic acids is 1. The fourth-order valence-electron chi connectivity index (χ4n) is 2.74. The molecule has 2 N–H and O–H groups in total. The fourth-order valence-corrected chi connectivity index (χ4v) is 3.27. The highest BCUT2D eigenvalue weighted by atomic mass is 79.9. The molecule has 1 saturated carbocycles. The Bertz CT molecular complexity index is 504. The summed E-state index contributed by atoms with van der Waals surface area (Å²) in [5, 5.41) is 11.9. The molecule has 0 saturated heterocycles. The van der Waals surface area contributed by atoms with E-state index in [1.54, 1.807) is 23.9 Å². The van der Waals surface area contributed by atoms with Gasteiger partial charge in [0.1, 0.15) is 5.69 Å². The van der Waals surface area contributed by atoms with Gasteiger partial charge >= 0.3 is 5.97 Å². The van der Waals surface area contributed by atoms with E-state index in [1.165, 1.54) is 0 Å². The number of amides is 1. The van der Waals surface area contributed by atoms with Gasteiger partial charge in [0.15, 0.2) is 0 Å². The summed E-state index contributed by atoms with van der Waals surface area (Å²) in [6, 6.07) is 1.73. The topological polar surface area (TPSA) is 71.3 Å². The van der Waals surface area contributed by atoms with Crippen LogP contribution in [0.2, 0.25) is 0 Å². The van der Waals surface area contributed by atoms with Crippen LogP contribution in [0.4, 0.5) is 0 Å². The number of carboxylic acid groups (broad SMARTS) is 1. The predicted octanol–water partition coefficient (Wildman–Crippen LogP) is 2.30. The minimum Gasteiger partial charge on any atom is -0.481 e. The Labute approximate surface area is 120 Å². The molecule has 0 aromatic carbocycles. The number of nitrogens with one attached hydrogen (secondary N) is 1. The maximum atomic E-state index is 12.3. The van der Waals surface area contributed by atoms with Crippen LogP contribution < -0.4 is 5.32 Å². The molecule has 1 fully saturated rings. The molecule has 1 aliphatic rings. The van der Waals surface area contributed by atoms with E-state index in [0.717, 1.165) is 30.2 Å². The third-order valence-electron chi connectivity index (χ3n) is 3.63. The number of halogens is 1. The molecule has 19 heavy (non-hydrogen) atoms. The number of hydrogen-bond acceptors (Lipinski definition) is 2. The summed E-state index contributed by atoms with van der Waals surface area (Å²) in [6.07, 6.45) is 5.18. The highest BCUT2D eigenvalue weighted by Crippen LogP contribution is 2.33. The van der Waals surface area contributed by atoms with Gasteiger partial charge in [0.25, 0.3) is 5.91 Å². The second kappa shape index (κ2) is 5.36. The zero-order chi connectivity index (χ0) is 14.0. The highest BCUT2D eigenvalue weighted by Gasteiger charge is 2.37. The fraction of sp³-hybridized carbons (Fsp3) is 0.538. The van der Waals surface area contributed by atoms with Crippen LogP contribution >= 0.6 is 15.9 Å². The van der Waals surface area contributed by atoms with E-state index in [2.05, 4.69) is 21.2 Å². The van der Waals surface area contributed by atoms with Gasteiger partial charge in [-0.15, -0.1) is 0 Å². The Kier molecular flexibility index (Phi) is 3.99. The number of hydrogen-bond donors (Lipinski definition) is 2. The van der Waals surface area contributed by atoms with Crippen LogP contribution in [0.15, 0.2) is 16.7 Å². The predicted molar refractivity (Wildman–Crippen MR) is 74.0 cm³/mol. The lowest BCUT2D eigenvalue weighted by atomic mass is 9.93. The van der Waals surface area contributed by atoms with E-state index in [-0.39, 0.29) is 12.3 Å². The number of rotatable bonds is 4. The van der Waals surface area contributed by atoms with E-state index in [0.29, 0.717) is 5.69 Å². The average molecular weight is 329 g/mol. The summed E-state index contributed by atoms with van der Waals surface area (Å²) < 4.78 is 2.56. The lowest BCUT2D eigenvalue weighted by molar-refractivity contribution is -0.138. The summed E-state index contributed by atoms with van der Waals surface area (Å²) in [4.78, 5) is 23.3. The van der Waals surface area contributed by atoms with E-state index in [4.69, 9.17) is 5.11 Å². The highest BCUT2D eigenvalue weighted by molar-refractivity contribution is 9.10. The number of carboxylic acids is 1. The molecule has 0 aliphatic heterocycles. The third kappa shape index (κ3) is 3.18. The molecular formula is C13H17BrN2O3. The molecule has 1 heterocycles. The molecule has 0 radical (unpaired) electrons. The first-order valence-corrected chi connectivity index (χ1v) is 7.07. The van der Waals surface area contributed by atoms with Crippen LogP contribution in [-0.4, -0.2) is 27.1 Å². The van der Waals surface area contributed by atoms with Crippen molar-refractivity contribution in [2.24, 2.45) is 7.05 Å². The number of aromatic nitrogens is 1. The Morgan fingerprint density at radius 3 is 2.58 bits per heavy atom. The minimum absolute atomic E-state index is 0.00959. The van der Waals surface area contributed by atoms with Gasteiger partial charge in [-0.25, -0.2) is 0 Å². The van der Waals surface area contributed by atoms with E-state index in [1.807, 2.05) is 0 Å². The number of aliphatic carboxylic acids is 1. The smallest absolute Gasteiger partial charge is 0.305 e. The molecule has 5 nitrogen and oxygen atoms in total. The van der Waals surface area contributed by atoms with Crippen molar-refractivity contribution in [3.63, 3.8) is 0 Å². The summed E-state index contributed by atoms with van der Waals surface area (Å²) in [5.41, 5.74) is -0.0526. The van der Waals surface area contributed by atoms with Crippen molar-refractivity contribution in [3.8, 4) is 0 Å². The second-order valence-electron chi connectivity index (χ2n) is 5.17. The maximum Gasteiger partial charge on any atom is 0.305 e. The van der Waals surface area contributed by atoms with Crippen molar-refractivity contribution in [2.75, 3.05) is 0 Å². The Morgan fingerprint density at radius 1 is 1.47 bits per heavy atom. The molecule has 1 amide bonds. The summed E-state index contributed by atoms with van der Waals surface area (Å²) in [7, 11) is 1.79. The van der Waals surface area contributed by atoms with Gasteiger partial charge in [-0.05, 0) is 34.8 Å². The number of aryl methyl sites for hydroxylation is 1. The van der Waals surface area contributed by atoms with Gasteiger partial charge in [0.2, 0.25) is 0 Å². The monoisotopic (exact) mass is 328 g/mol. The van der Waals surface area contributed by atoms with Gasteiger partial charge in [-0.2, -0.15) is 0 Å². The van der Waals surface area contributed by atoms with E-state index >= 15 is 0 Å². The van der Waals surface area contributed by atoms with Crippen molar-refractivity contribution in [1.82, 2.24) is 9.88 Å². The standard InChI is InChI=1S/C13H17BrN2O3/c1-16-8-9(14)6-10(16)12(19)15-13(7-11(17)18)4-2-3-5-13/h6,8H,2-5,7H2,1H3,(H,15,19)(H,17,18). The van der Waals surface area contributed by atoms with Gasteiger partial charge in [-0.3, -0.25) is 9.59 Å². The second-order valence-corrected chi connectivity index (χ2v) is 6.08. The van der Waals surface area contributed by atoms with E-state index in [9.17, 15) is 9.59 Å². The normalized spacial score (nSPS) is 17.4. The molecule has 1 aromatic rings. The van der Waals surface area contributed by atoms with Crippen molar-refractivity contribution >= 4 is 27.8 Å². The van der Waals surface area contributed by atoms with Crippen LogP contribution in [0.3, 0.4) is 0 Å². The van der Waals surface area contributed by atoms with Crippen LogP contribution in [-0.2, 0) is 11.8 Å². The first kappa shape index (κ1) is 14.1. The summed E-state index contributed by atoms with van der Waals surface area (Å²) >= 11 is 3.32. The van der Waals surface area contributed by atoms with Crippen molar-refractivity contribution in [3.05, 3.63) is 22.4 Å². The van der Waals surface area contributed by atoms with Crippen LogP contribution in [0.5, 0.6) is 0 Å². The maximum absolute atomic E-state index is 12.3. The first-order chi connectivity index (χ1) is 8.92. The van der Waals surface area contributed by atoms with Crippen LogP contribution in [0, 0.1) is 0 Å². The first-order valence-electron chi connectivity index (χ1n) is 6.28. The average Bonchev–Trinajstić information content (AvgIpc) is 2.85. The molecule has 6 heteroatoms. The molecule has 104 valence electrons. The zero-order valence-electron chi connectivity index (χ0n) is 10.8. The Balaban J connectivity index is 2.15. The molecule has 0 unspecified atom stereocenters. The van der Waals surface area contributed by atoms with Crippen LogP contribution in [0.25, 0.3) is 0 Å². The van der Waals surface area contributed by atoms with Crippen molar-refractivity contribution in [2.45, 2.75) is 37.6 Å². The van der Waals surface area contributed by atoms with Crippen molar-refractivity contribution in [1.29, 1.82) is 0 Å². The number of nitrogens with zero attached hydrogens (tertiary/aromatic N) is 1. The lowest BCUT2D eigenvalue weighted by Crippen LogP contribution is -2.48. The van der Waals surface area contributed by atoms with Crippen molar-refractivity contribution < 1.29 is 14.7 Å². The SMILES string of the molecule is Cn1cc(Br)cc1C(=O)NC1(CC(=O)O)CCCC1. The molecule has 0 atom stereocenters. The summed E-state index contributed by atoms with van der Waals surface area (Å²) in [5.74, 6) is -1.08. The number of carbonyl (C=O) groups is 2. The largest absolute Gasteiger partial charge is 0.481 e. The molecule has 1 aromatic heterocycles. The van der Waals surface area contributed by atoms with Gasteiger partial charge < -0.3 is 15.0 Å². The molecular weight excluding hydrogens is 312 g/mol. The van der Waals surface area contributed by atoms with Gasteiger partial charge in [0.05, 0.1) is 12.0 Å². The summed E-state index contributed by atoms with van der Waals surface area (Å²) in [6.45, 7) is 0. The quantitative estimate of drug-likeness (QED) is 0.890. The molecule has 0 bridgehead atoms. The Hall–Kier alpha value is -1.30. The third-order valence-corrected chi connectivity index (χ3v) is 4.07. The minimum atomic E-state index is -0.865. The molecule has 2 rings (SSSR count). The van der Waals surface area contributed by atoms with Gasteiger partial charge in [0, 0.05) is 17.7 Å². The lowest BCUT2D eigenvalue weighted by Gasteiger charge is -2.28. The van der Waals surface area contributed by atoms with Crippen LogP contribution in [0.1, 0.15) is 42.6 Å². The zero-order valence-corrected chi connectivity index (χ0v) is 12.4. The Morgan fingerprint density at radius 2 is 2.11 bits per heavy atom. The van der Waals surface area contributed by atoms with Gasteiger partial charge in [-0.1, -0.05) is 12.8 Å². The molecule has 0 spiro atoms.